The lowest BCUT2D eigenvalue weighted by molar-refractivity contribution is 0.242. The Morgan fingerprint density at radius 1 is 1.25 bits per heavy atom. The van der Waals surface area contributed by atoms with Crippen molar-refractivity contribution >= 4 is 7.60 Å². The van der Waals surface area contributed by atoms with Crippen molar-refractivity contribution < 1.29 is 13.6 Å². The molecular formula is C20H27O3P. The molecule has 1 atom stereocenters. The van der Waals surface area contributed by atoms with E-state index in [-0.39, 0.29) is 6.61 Å². The molecule has 0 bridgehead atoms. The lowest BCUT2D eigenvalue weighted by Crippen LogP contribution is -2.08. The van der Waals surface area contributed by atoms with Crippen LogP contribution in [0, 0.1) is 24.4 Å². The summed E-state index contributed by atoms with van der Waals surface area (Å²) < 4.78 is 23.8. The number of hydrogen-bond donors (Lipinski definition) is 0. The van der Waals surface area contributed by atoms with E-state index in [1.807, 2.05) is 31.2 Å². The standard InChI is InChI=1S/C20H27O3P/c1-4-22-24(21,15-14-19-12-10-17(2)11-13-19)23-18(3)16-20-8-6-5-7-9-20/h10-13,20H,3-9,16H2,1-2H3. The second kappa shape index (κ2) is 9.11. The van der Waals surface area contributed by atoms with E-state index in [4.69, 9.17) is 9.05 Å². The van der Waals surface area contributed by atoms with Gasteiger partial charge < -0.3 is 4.52 Å². The molecule has 0 heterocycles. The molecule has 1 aliphatic carbocycles. The lowest BCUT2D eigenvalue weighted by atomic mass is 9.87. The predicted molar refractivity (Wildman–Crippen MR) is 98.7 cm³/mol. The van der Waals surface area contributed by atoms with Crippen LogP contribution in [0.3, 0.4) is 0 Å². The molecule has 0 aromatic heterocycles. The van der Waals surface area contributed by atoms with Crippen molar-refractivity contribution in [1.82, 2.24) is 0 Å². The van der Waals surface area contributed by atoms with Gasteiger partial charge in [0, 0.05) is 17.6 Å². The Bertz CT molecular complexity index is 646. The monoisotopic (exact) mass is 346 g/mol. The van der Waals surface area contributed by atoms with Crippen molar-refractivity contribution in [1.29, 1.82) is 0 Å². The summed E-state index contributed by atoms with van der Waals surface area (Å²) in [5.41, 5.74) is 4.65. The first-order chi connectivity index (χ1) is 11.5. The second-order valence-electron chi connectivity index (χ2n) is 6.36. The first kappa shape index (κ1) is 18.8. The Morgan fingerprint density at radius 2 is 1.92 bits per heavy atom. The van der Waals surface area contributed by atoms with E-state index in [1.54, 1.807) is 6.92 Å². The highest BCUT2D eigenvalue weighted by atomic mass is 31.2. The van der Waals surface area contributed by atoms with Gasteiger partial charge in [-0.2, -0.15) is 0 Å². The average molecular weight is 346 g/mol. The lowest BCUT2D eigenvalue weighted by Gasteiger charge is -2.23. The van der Waals surface area contributed by atoms with Crippen LogP contribution in [-0.2, 0) is 13.6 Å². The fourth-order valence-electron chi connectivity index (χ4n) is 2.94. The predicted octanol–water partition coefficient (Wildman–Crippen LogP) is 6.03. The van der Waals surface area contributed by atoms with Gasteiger partial charge in [-0.1, -0.05) is 62.3 Å². The summed E-state index contributed by atoms with van der Waals surface area (Å²) in [5, 5.41) is 0. The van der Waals surface area contributed by atoms with Crippen molar-refractivity contribution in [2.24, 2.45) is 5.92 Å². The van der Waals surface area contributed by atoms with Gasteiger partial charge in [-0.25, -0.2) is 4.57 Å². The molecule has 1 aromatic rings. The van der Waals surface area contributed by atoms with E-state index >= 15 is 0 Å². The van der Waals surface area contributed by atoms with E-state index in [2.05, 4.69) is 18.2 Å². The molecule has 3 nitrogen and oxygen atoms in total. The minimum atomic E-state index is -3.48. The summed E-state index contributed by atoms with van der Waals surface area (Å²) >= 11 is 0. The van der Waals surface area contributed by atoms with Gasteiger partial charge in [-0.15, -0.1) is 0 Å². The highest BCUT2D eigenvalue weighted by molar-refractivity contribution is 7.59. The van der Waals surface area contributed by atoms with Crippen LogP contribution in [0.25, 0.3) is 0 Å². The van der Waals surface area contributed by atoms with Crippen molar-refractivity contribution in [2.75, 3.05) is 6.61 Å². The van der Waals surface area contributed by atoms with Crippen molar-refractivity contribution in [3.63, 3.8) is 0 Å². The molecule has 0 saturated heterocycles. The molecular weight excluding hydrogens is 319 g/mol. The van der Waals surface area contributed by atoms with Gasteiger partial charge in [-0.3, -0.25) is 4.52 Å². The van der Waals surface area contributed by atoms with Crippen molar-refractivity contribution in [3.05, 3.63) is 47.7 Å². The molecule has 1 aromatic carbocycles. The molecule has 1 saturated carbocycles. The third-order valence-electron chi connectivity index (χ3n) is 4.18. The zero-order valence-corrected chi connectivity index (χ0v) is 15.6. The summed E-state index contributed by atoms with van der Waals surface area (Å²) in [6.07, 6.45) is 6.95. The molecule has 1 aliphatic rings. The van der Waals surface area contributed by atoms with E-state index < -0.39 is 7.60 Å². The van der Waals surface area contributed by atoms with E-state index in [9.17, 15) is 4.57 Å². The largest absolute Gasteiger partial charge is 0.456 e. The van der Waals surface area contributed by atoms with Gasteiger partial charge >= 0.3 is 7.60 Å². The Labute approximate surface area is 146 Å². The summed E-state index contributed by atoms with van der Waals surface area (Å²) in [6, 6.07) is 7.74. The van der Waals surface area contributed by atoms with E-state index in [0.717, 1.165) is 17.5 Å². The van der Waals surface area contributed by atoms with Crippen LogP contribution >= 0.6 is 7.60 Å². The number of benzene rings is 1. The van der Waals surface area contributed by atoms with E-state index in [1.165, 1.54) is 32.1 Å². The fraction of sp³-hybridized carbons (Fsp3) is 0.500. The summed E-state index contributed by atoms with van der Waals surface area (Å²) in [4.78, 5) is 0. The molecule has 0 amide bonds. The first-order valence-corrected chi connectivity index (χ1v) is 10.3. The minimum absolute atomic E-state index is 0.288. The number of hydrogen-bond acceptors (Lipinski definition) is 3. The maximum Gasteiger partial charge on any atom is 0.456 e. The van der Waals surface area contributed by atoms with Crippen LogP contribution in [0.2, 0.25) is 0 Å². The maximum absolute atomic E-state index is 12.8. The van der Waals surface area contributed by atoms with Crippen LogP contribution in [0.5, 0.6) is 0 Å². The van der Waals surface area contributed by atoms with Crippen molar-refractivity contribution in [2.45, 2.75) is 52.4 Å². The van der Waals surface area contributed by atoms with Crippen LogP contribution < -0.4 is 0 Å². The van der Waals surface area contributed by atoms with Gasteiger partial charge in [0.05, 0.1) is 12.4 Å². The fourth-order valence-corrected chi connectivity index (χ4v) is 4.13. The Kier molecular flexibility index (Phi) is 7.16. The second-order valence-corrected chi connectivity index (χ2v) is 8.02. The molecule has 24 heavy (non-hydrogen) atoms. The quantitative estimate of drug-likeness (QED) is 0.358. The summed E-state index contributed by atoms with van der Waals surface area (Å²) in [6.45, 7) is 8.03. The maximum atomic E-state index is 12.8. The van der Waals surface area contributed by atoms with Gasteiger partial charge in [0.15, 0.2) is 0 Å². The molecule has 0 spiro atoms. The first-order valence-electron chi connectivity index (χ1n) is 8.72. The molecule has 2 rings (SSSR count). The minimum Gasteiger partial charge on any atom is -0.421 e. The highest BCUT2D eigenvalue weighted by Crippen LogP contribution is 2.50. The average Bonchev–Trinajstić information content (AvgIpc) is 2.55. The zero-order chi connectivity index (χ0) is 17.4. The normalized spacial score (nSPS) is 17.4. The third kappa shape index (κ3) is 6.19. The van der Waals surface area contributed by atoms with Crippen molar-refractivity contribution in [3.8, 4) is 11.6 Å². The van der Waals surface area contributed by atoms with Crippen LogP contribution in [-0.4, -0.2) is 6.61 Å². The molecule has 1 unspecified atom stereocenters. The Hall–Kier alpha value is -1.49. The molecule has 4 heteroatoms. The van der Waals surface area contributed by atoms with E-state index in [0.29, 0.717) is 11.7 Å². The molecule has 0 aliphatic heterocycles. The van der Waals surface area contributed by atoms with Crippen LogP contribution in [0.1, 0.15) is 56.6 Å². The molecule has 130 valence electrons. The van der Waals surface area contributed by atoms with Crippen LogP contribution in [0.4, 0.5) is 0 Å². The van der Waals surface area contributed by atoms with Gasteiger partial charge in [-0.05, 0) is 31.9 Å². The highest BCUT2D eigenvalue weighted by Gasteiger charge is 2.25. The summed E-state index contributed by atoms with van der Waals surface area (Å²) in [5.74, 6) is 4.00. The zero-order valence-electron chi connectivity index (χ0n) is 14.7. The Morgan fingerprint density at radius 3 is 2.54 bits per heavy atom. The molecule has 1 fully saturated rings. The van der Waals surface area contributed by atoms with Gasteiger partial charge in [0.2, 0.25) is 0 Å². The number of aryl methyl sites for hydroxylation is 1. The van der Waals surface area contributed by atoms with Gasteiger partial charge in [0.1, 0.15) is 0 Å². The third-order valence-corrected chi connectivity index (χ3v) is 5.66. The van der Waals surface area contributed by atoms with Crippen LogP contribution in [0.15, 0.2) is 36.6 Å². The SMILES string of the molecule is C=C(CC1CCCCC1)OP(=O)(C#Cc1ccc(C)cc1)OCC. The number of rotatable bonds is 6. The molecule has 0 N–H and O–H groups in total. The Balaban J connectivity index is 2.02. The van der Waals surface area contributed by atoms with Gasteiger partial charge in [0.25, 0.3) is 0 Å². The number of allylic oxidation sites excluding steroid dienone is 1. The smallest absolute Gasteiger partial charge is 0.421 e. The summed E-state index contributed by atoms with van der Waals surface area (Å²) in [7, 11) is -3.48. The molecule has 0 radical (unpaired) electrons. The topological polar surface area (TPSA) is 35.5 Å².